The summed E-state index contributed by atoms with van der Waals surface area (Å²) < 4.78 is 36.0. The topological polar surface area (TPSA) is 118 Å². The molecule has 0 aliphatic rings. The Morgan fingerprint density at radius 1 is 1.20 bits per heavy atom. The molecular weight excluding hydrogens is 548 g/mol. The molecule has 1 unspecified atom stereocenters. The molecule has 0 radical (unpaired) electrons. The molecule has 5 aromatic rings. The molecule has 8 nitrogen and oxygen atoms in total. The molecule has 3 heterocycles. The van der Waals surface area contributed by atoms with Gasteiger partial charge in [0.25, 0.3) is 11.5 Å². The largest absolute Gasteiger partial charge is 0.448 e. The summed E-state index contributed by atoms with van der Waals surface area (Å²) in [5.41, 5.74) is 6.39. The van der Waals surface area contributed by atoms with Crippen molar-refractivity contribution in [2.45, 2.75) is 33.4 Å². The first-order valence-corrected chi connectivity index (χ1v) is 13.8. The number of nitrogens with two attached hydrogens (primary N) is 1. The zero-order chi connectivity index (χ0) is 29.4. The van der Waals surface area contributed by atoms with E-state index in [1.165, 1.54) is 51.1 Å². The molecule has 2 aromatic carbocycles. The third-order valence-corrected chi connectivity index (χ3v) is 7.91. The standard InChI is InChI=1S/C30H27F2N5O3S/c1-16(2)26(36(11-10-33)29(38)18-5-4-17(3)23(32)12-18)28-35-25-22-13-19(31)6-9-24(22)40-27(25)30(39)37(28)15-21-8-7-20(14-34)41-21/h4-9,12-13,16,26H,10-11,15,33H2,1-3H3. The Morgan fingerprint density at radius 2 is 1.98 bits per heavy atom. The van der Waals surface area contributed by atoms with E-state index in [9.17, 15) is 23.6 Å². The Balaban J connectivity index is 1.76. The number of fused-ring (bicyclic) bond motifs is 3. The van der Waals surface area contributed by atoms with E-state index >= 15 is 0 Å². The molecular formula is C30H27F2N5O3S. The monoisotopic (exact) mass is 575 g/mol. The maximum Gasteiger partial charge on any atom is 0.297 e. The fourth-order valence-electron chi connectivity index (χ4n) is 4.97. The molecule has 2 N–H and O–H groups in total. The van der Waals surface area contributed by atoms with Gasteiger partial charge in [-0.2, -0.15) is 5.26 Å². The third-order valence-electron chi connectivity index (χ3n) is 6.93. The number of benzene rings is 2. The van der Waals surface area contributed by atoms with Gasteiger partial charge in [0.05, 0.1) is 12.6 Å². The van der Waals surface area contributed by atoms with Crippen LogP contribution in [0.1, 0.15) is 51.4 Å². The van der Waals surface area contributed by atoms with Crippen LogP contribution in [0.25, 0.3) is 22.1 Å². The van der Waals surface area contributed by atoms with Crippen LogP contribution in [0.2, 0.25) is 0 Å². The van der Waals surface area contributed by atoms with Gasteiger partial charge in [-0.3, -0.25) is 14.2 Å². The molecule has 210 valence electrons. The summed E-state index contributed by atoms with van der Waals surface area (Å²) in [7, 11) is 0. The second kappa shape index (κ2) is 11.2. The second-order valence-electron chi connectivity index (χ2n) is 10.1. The van der Waals surface area contributed by atoms with Crippen molar-refractivity contribution < 1.29 is 18.0 Å². The smallest absolute Gasteiger partial charge is 0.297 e. The van der Waals surface area contributed by atoms with E-state index in [0.29, 0.717) is 26.3 Å². The molecule has 5 rings (SSSR count). The van der Waals surface area contributed by atoms with Crippen LogP contribution in [0.4, 0.5) is 8.78 Å². The first-order chi connectivity index (χ1) is 19.6. The molecule has 41 heavy (non-hydrogen) atoms. The lowest BCUT2D eigenvalue weighted by Gasteiger charge is -2.35. The van der Waals surface area contributed by atoms with Crippen molar-refractivity contribution in [3.05, 3.63) is 97.2 Å². The number of carbonyl (C=O) groups excluding carboxylic acids is 1. The molecule has 3 aromatic heterocycles. The lowest BCUT2D eigenvalue weighted by atomic mass is 9.99. The quantitative estimate of drug-likeness (QED) is 0.261. The number of aromatic nitrogens is 2. The van der Waals surface area contributed by atoms with E-state index in [0.717, 1.165) is 0 Å². The van der Waals surface area contributed by atoms with Crippen molar-refractivity contribution in [3.8, 4) is 6.07 Å². The number of halogens is 2. The molecule has 1 atom stereocenters. The minimum atomic E-state index is -0.776. The fraction of sp³-hybridized carbons (Fsp3) is 0.267. The molecule has 0 bridgehead atoms. The summed E-state index contributed by atoms with van der Waals surface area (Å²) in [5.74, 6) is -1.54. The molecule has 1 amide bonds. The van der Waals surface area contributed by atoms with E-state index in [1.54, 1.807) is 25.1 Å². The molecule has 0 aliphatic carbocycles. The highest BCUT2D eigenvalue weighted by Gasteiger charge is 2.33. The van der Waals surface area contributed by atoms with Gasteiger partial charge in [0.2, 0.25) is 5.58 Å². The number of furan rings is 1. The highest BCUT2D eigenvalue weighted by Crippen LogP contribution is 2.33. The highest BCUT2D eigenvalue weighted by atomic mass is 32.1. The number of amides is 1. The predicted molar refractivity (Wildman–Crippen MR) is 153 cm³/mol. The zero-order valence-corrected chi connectivity index (χ0v) is 23.5. The summed E-state index contributed by atoms with van der Waals surface area (Å²) in [6.07, 6.45) is 0. The van der Waals surface area contributed by atoms with Crippen LogP contribution >= 0.6 is 11.3 Å². The first kappa shape index (κ1) is 28.1. The minimum absolute atomic E-state index is 0.0498. The zero-order valence-electron chi connectivity index (χ0n) is 22.6. The summed E-state index contributed by atoms with van der Waals surface area (Å²) >= 11 is 1.23. The van der Waals surface area contributed by atoms with Gasteiger partial charge in [0, 0.05) is 28.9 Å². The average Bonchev–Trinajstić information content (AvgIpc) is 3.55. The maximum atomic E-state index is 14.5. The van der Waals surface area contributed by atoms with Gasteiger partial charge in [-0.15, -0.1) is 11.3 Å². The molecule has 0 saturated carbocycles. The van der Waals surface area contributed by atoms with E-state index in [2.05, 4.69) is 6.07 Å². The lowest BCUT2D eigenvalue weighted by Crippen LogP contribution is -2.43. The van der Waals surface area contributed by atoms with E-state index < -0.39 is 29.1 Å². The van der Waals surface area contributed by atoms with Gasteiger partial charge < -0.3 is 15.1 Å². The van der Waals surface area contributed by atoms with Crippen molar-refractivity contribution in [2.75, 3.05) is 13.1 Å². The van der Waals surface area contributed by atoms with Gasteiger partial charge in [0.1, 0.15) is 39.5 Å². The normalized spacial score (nSPS) is 12.2. The van der Waals surface area contributed by atoms with Crippen LogP contribution in [0.5, 0.6) is 0 Å². The minimum Gasteiger partial charge on any atom is -0.448 e. The first-order valence-electron chi connectivity index (χ1n) is 13.0. The van der Waals surface area contributed by atoms with Crippen LogP contribution in [0.15, 0.2) is 57.7 Å². The Bertz CT molecular complexity index is 1890. The van der Waals surface area contributed by atoms with Crippen LogP contribution in [-0.2, 0) is 6.54 Å². The number of hydrogen-bond acceptors (Lipinski definition) is 7. The number of nitriles is 1. The number of rotatable bonds is 8. The van der Waals surface area contributed by atoms with Crippen molar-refractivity contribution in [1.29, 1.82) is 5.26 Å². The summed E-state index contributed by atoms with van der Waals surface area (Å²) in [5, 5.41) is 9.65. The Hall–Kier alpha value is -4.40. The SMILES string of the molecule is Cc1ccc(C(=O)N(CCN)C(c2nc3c(oc4ccc(F)cc43)c(=O)n2Cc2ccc(C#N)s2)C(C)C)cc1F. The second-order valence-corrected chi connectivity index (χ2v) is 11.3. The van der Waals surface area contributed by atoms with Crippen LogP contribution in [-0.4, -0.2) is 33.4 Å². The molecule has 0 fully saturated rings. The number of aryl methyl sites for hydroxylation is 1. The van der Waals surface area contributed by atoms with E-state index in [1.807, 2.05) is 13.8 Å². The maximum absolute atomic E-state index is 14.5. The molecule has 11 heteroatoms. The van der Waals surface area contributed by atoms with Gasteiger partial charge in [-0.1, -0.05) is 19.9 Å². The average molecular weight is 576 g/mol. The Labute approximate surface area is 238 Å². The summed E-state index contributed by atoms with van der Waals surface area (Å²) in [4.78, 5) is 35.4. The number of nitrogens with zero attached hydrogens (tertiary/aromatic N) is 4. The Morgan fingerprint density at radius 3 is 2.63 bits per heavy atom. The van der Waals surface area contributed by atoms with E-state index in [-0.39, 0.29) is 48.0 Å². The number of hydrogen-bond donors (Lipinski definition) is 1. The van der Waals surface area contributed by atoms with Gasteiger partial charge in [-0.25, -0.2) is 13.8 Å². The van der Waals surface area contributed by atoms with Crippen LogP contribution < -0.4 is 11.3 Å². The van der Waals surface area contributed by atoms with E-state index in [4.69, 9.17) is 15.1 Å². The van der Waals surface area contributed by atoms with Gasteiger partial charge in [0.15, 0.2) is 0 Å². The summed E-state index contributed by atoms with van der Waals surface area (Å²) in [6.45, 7) is 5.63. The number of thiophene rings is 1. The highest BCUT2D eigenvalue weighted by molar-refractivity contribution is 7.12. The molecule has 0 saturated heterocycles. The molecule has 0 spiro atoms. The number of carbonyl (C=O) groups is 1. The summed E-state index contributed by atoms with van der Waals surface area (Å²) in [6, 6.07) is 12.9. The molecule has 0 aliphatic heterocycles. The van der Waals surface area contributed by atoms with Gasteiger partial charge >= 0.3 is 0 Å². The predicted octanol–water partition coefficient (Wildman–Crippen LogP) is 5.51. The van der Waals surface area contributed by atoms with Crippen LogP contribution in [0.3, 0.4) is 0 Å². The van der Waals surface area contributed by atoms with Crippen molar-refractivity contribution in [3.63, 3.8) is 0 Å². The Kier molecular flexibility index (Phi) is 7.71. The lowest BCUT2D eigenvalue weighted by molar-refractivity contribution is 0.0612. The van der Waals surface area contributed by atoms with Crippen molar-refractivity contribution >= 4 is 39.3 Å². The van der Waals surface area contributed by atoms with Crippen LogP contribution in [0, 0.1) is 35.8 Å². The van der Waals surface area contributed by atoms with Crippen molar-refractivity contribution in [2.24, 2.45) is 11.7 Å². The van der Waals surface area contributed by atoms with Gasteiger partial charge in [-0.05, 0) is 60.9 Å². The third kappa shape index (κ3) is 5.24. The fourth-order valence-corrected chi connectivity index (χ4v) is 5.76. The van der Waals surface area contributed by atoms with Crippen molar-refractivity contribution in [1.82, 2.24) is 14.5 Å².